The van der Waals surface area contributed by atoms with E-state index in [9.17, 15) is 0 Å². The Morgan fingerprint density at radius 3 is 2.43 bits per heavy atom. The van der Waals surface area contributed by atoms with Gasteiger partial charge in [0.2, 0.25) is 0 Å². The van der Waals surface area contributed by atoms with Gasteiger partial charge in [0.15, 0.2) is 0 Å². The van der Waals surface area contributed by atoms with Gasteiger partial charge in [-0.1, -0.05) is 55.8 Å². The molecule has 0 aliphatic carbocycles. The Hall–Kier alpha value is -2.52. The molecule has 3 rings (SSSR count). The second-order valence-electron chi connectivity index (χ2n) is 8.03. The summed E-state index contributed by atoms with van der Waals surface area (Å²) in [5.41, 5.74) is 5.28. The van der Waals surface area contributed by atoms with Gasteiger partial charge in [-0.15, -0.1) is 0 Å². The summed E-state index contributed by atoms with van der Waals surface area (Å²) in [6, 6.07) is 21.6. The van der Waals surface area contributed by atoms with E-state index in [-0.39, 0.29) is 0 Å². The van der Waals surface area contributed by atoms with E-state index in [4.69, 9.17) is 4.74 Å². The molecule has 0 aliphatic heterocycles. The van der Waals surface area contributed by atoms with Crippen molar-refractivity contribution >= 4 is 0 Å². The lowest BCUT2D eigenvalue weighted by molar-refractivity contribution is 0.222. The number of methoxy groups -OCH3 is 1. The highest BCUT2D eigenvalue weighted by Gasteiger charge is 2.12. The standard InChI is InChI=1S/C25H32N2O/c1-20(2)16-26(17-22-12-10-21(3)11-13-22)19-24-8-6-14-27(24)18-23-7-5-9-25(15-23)28-4/h5-15,20H,16-19H2,1-4H3. The Bertz CT molecular complexity index is 864. The van der Waals surface area contributed by atoms with Gasteiger partial charge in [-0.25, -0.2) is 0 Å². The van der Waals surface area contributed by atoms with Gasteiger partial charge < -0.3 is 9.30 Å². The van der Waals surface area contributed by atoms with Crippen LogP contribution in [0.5, 0.6) is 5.75 Å². The third-order valence-corrected chi connectivity index (χ3v) is 4.95. The van der Waals surface area contributed by atoms with Gasteiger partial charge in [0.05, 0.1) is 7.11 Å². The van der Waals surface area contributed by atoms with Gasteiger partial charge in [0, 0.05) is 38.1 Å². The summed E-state index contributed by atoms with van der Waals surface area (Å²) in [6.45, 7) is 10.6. The van der Waals surface area contributed by atoms with Gasteiger partial charge in [0.25, 0.3) is 0 Å². The van der Waals surface area contributed by atoms with Crippen molar-refractivity contribution in [3.8, 4) is 5.75 Å². The first-order valence-electron chi connectivity index (χ1n) is 10.1. The predicted molar refractivity (Wildman–Crippen MR) is 117 cm³/mol. The van der Waals surface area contributed by atoms with Crippen molar-refractivity contribution in [1.82, 2.24) is 9.47 Å². The van der Waals surface area contributed by atoms with E-state index in [2.05, 4.69) is 91.0 Å². The van der Waals surface area contributed by atoms with E-state index in [0.29, 0.717) is 5.92 Å². The van der Waals surface area contributed by atoms with Crippen molar-refractivity contribution in [1.29, 1.82) is 0 Å². The van der Waals surface area contributed by atoms with Crippen molar-refractivity contribution in [2.45, 2.75) is 40.4 Å². The van der Waals surface area contributed by atoms with Crippen LogP contribution in [0.25, 0.3) is 0 Å². The third kappa shape index (κ3) is 5.74. The molecule has 0 radical (unpaired) electrons. The highest BCUT2D eigenvalue weighted by molar-refractivity contribution is 5.29. The van der Waals surface area contributed by atoms with Crippen LogP contribution in [0.2, 0.25) is 0 Å². The third-order valence-electron chi connectivity index (χ3n) is 4.95. The SMILES string of the molecule is COc1cccc(Cn2cccc2CN(Cc2ccc(C)cc2)CC(C)C)c1. The maximum Gasteiger partial charge on any atom is 0.119 e. The summed E-state index contributed by atoms with van der Waals surface area (Å²) in [5.74, 6) is 1.54. The molecule has 0 unspecified atom stereocenters. The molecule has 3 heteroatoms. The van der Waals surface area contributed by atoms with Gasteiger partial charge in [-0.3, -0.25) is 4.90 Å². The summed E-state index contributed by atoms with van der Waals surface area (Å²) < 4.78 is 7.71. The van der Waals surface area contributed by atoms with E-state index in [1.54, 1.807) is 7.11 Å². The quantitative estimate of drug-likeness (QED) is 0.490. The average Bonchev–Trinajstić information content (AvgIpc) is 3.10. The molecule has 0 atom stereocenters. The number of benzene rings is 2. The van der Waals surface area contributed by atoms with Gasteiger partial charge in [-0.2, -0.15) is 0 Å². The molecular formula is C25H32N2O. The minimum absolute atomic E-state index is 0.632. The van der Waals surface area contributed by atoms with E-state index in [0.717, 1.165) is 31.9 Å². The molecule has 0 fully saturated rings. The number of aromatic nitrogens is 1. The first kappa shape index (κ1) is 20.2. The maximum atomic E-state index is 5.37. The highest BCUT2D eigenvalue weighted by Crippen LogP contribution is 2.17. The molecular weight excluding hydrogens is 344 g/mol. The molecule has 148 valence electrons. The zero-order valence-corrected chi connectivity index (χ0v) is 17.6. The van der Waals surface area contributed by atoms with Crippen LogP contribution in [-0.4, -0.2) is 23.1 Å². The molecule has 0 N–H and O–H groups in total. The van der Waals surface area contributed by atoms with Crippen molar-refractivity contribution in [2.24, 2.45) is 5.92 Å². The first-order valence-corrected chi connectivity index (χ1v) is 10.1. The minimum Gasteiger partial charge on any atom is -0.497 e. The second-order valence-corrected chi connectivity index (χ2v) is 8.03. The highest BCUT2D eigenvalue weighted by atomic mass is 16.5. The molecule has 0 aliphatic rings. The Morgan fingerprint density at radius 2 is 1.71 bits per heavy atom. The molecule has 0 bridgehead atoms. The van der Waals surface area contributed by atoms with Crippen LogP contribution in [0, 0.1) is 12.8 Å². The predicted octanol–water partition coefficient (Wildman–Crippen LogP) is 5.51. The molecule has 28 heavy (non-hydrogen) atoms. The van der Waals surface area contributed by atoms with E-state index in [1.165, 1.54) is 22.4 Å². The first-order chi connectivity index (χ1) is 13.5. The van der Waals surface area contributed by atoms with Crippen molar-refractivity contribution in [3.05, 3.63) is 89.2 Å². The second kappa shape index (κ2) is 9.61. The summed E-state index contributed by atoms with van der Waals surface area (Å²) >= 11 is 0. The van der Waals surface area contributed by atoms with Gasteiger partial charge >= 0.3 is 0 Å². The Labute approximate surface area is 169 Å². The van der Waals surface area contributed by atoms with Gasteiger partial charge in [-0.05, 0) is 48.2 Å². The molecule has 0 saturated heterocycles. The fourth-order valence-corrected chi connectivity index (χ4v) is 3.60. The average molecular weight is 377 g/mol. The van der Waals surface area contributed by atoms with Crippen LogP contribution in [0.1, 0.15) is 36.2 Å². The fraction of sp³-hybridized carbons (Fsp3) is 0.360. The number of aryl methyl sites for hydroxylation is 1. The summed E-state index contributed by atoms with van der Waals surface area (Å²) in [6.07, 6.45) is 2.17. The smallest absolute Gasteiger partial charge is 0.119 e. The Balaban J connectivity index is 1.73. The number of rotatable bonds is 9. The number of nitrogens with zero attached hydrogens (tertiary/aromatic N) is 2. The van der Waals surface area contributed by atoms with E-state index >= 15 is 0 Å². The molecule has 3 nitrogen and oxygen atoms in total. The van der Waals surface area contributed by atoms with Crippen LogP contribution in [0.15, 0.2) is 66.9 Å². The van der Waals surface area contributed by atoms with Crippen LogP contribution < -0.4 is 4.74 Å². The monoisotopic (exact) mass is 376 g/mol. The van der Waals surface area contributed by atoms with Gasteiger partial charge in [0.1, 0.15) is 5.75 Å². The van der Waals surface area contributed by atoms with Crippen LogP contribution in [0.3, 0.4) is 0 Å². The summed E-state index contributed by atoms with van der Waals surface area (Å²) in [4.78, 5) is 2.55. The van der Waals surface area contributed by atoms with E-state index < -0.39 is 0 Å². The molecule has 0 amide bonds. The largest absolute Gasteiger partial charge is 0.497 e. The van der Waals surface area contributed by atoms with Crippen molar-refractivity contribution < 1.29 is 4.74 Å². The molecule has 0 saturated carbocycles. The molecule has 1 aromatic heterocycles. The fourth-order valence-electron chi connectivity index (χ4n) is 3.60. The molecule has 3 aromatic rings. The summed E-state index contributed by atoms with van der Waals surface area (Å²) in [7, 11) is 1.72. The Morgan fingerprint density at radius 1 is 0.929 bits per heavy atom. The van der Waals surface area contributed by atoms with E-state index in [1.807, 2.05) is 6.07 Å². The number of hydrogen-bond donors (Lipinski definition) is 0. The van der Waals surface area contributed by atoms with Crippen LogP contribution >= 0.6 is 0 Å². The maximum absolute atomic E-state index is 5.37. The van der Waals surface area contributed by atoms with Crippen LogP contribution in [0.4, 0.5) is 0 Å². The zero-order valence-electron chi connectivity index (χ0n) is 17.6. The lowest BCUT2D eigenvalue weighted by Crippen LogP contribution is -2.28. The molecule has 1 heterocycles. The Kier molecular flexibility index (Phi) is 6.94. The zero-order chi connectivity index (χ0) is 19.9. The lowest BCUT2D eigenvalue weighted by Gasteiger charge is -2.25. The molecule has 2 aromatic carbocycles. The normalized spacial score (nSPS) is 11.4. The number of ether oxygens (including phenoxy) is 1. The summed E-state index contributed by atoms with van der Waals surface area (Å²) in [5, 5.41) is 0. The molecule has 0 spiro atoms. The lowest BCUT2D eigenvalue weighted by atomic mass is 10.1. The van der Waals surface area contributed by atoms with Crippen LogP contribution in [-0.2, 0) is 19.6 Å². The van der Waals surface area contributed by atoms with Crippen molar-refractivity contribution in [2.75, 3.05) is 13.7 Å². The number of hydrogen-bond acceptors (Lipinski definition) is 2. The topological polar surface area (TPSA) is 17.4 Å². The van der Waals surface area contributed by atoms with Crippen molar-refractivity contribution in [3.63, 3.8) is 0 Å². The minimum atomic E-state index is 0.632.